The molecule has 10 heteroatoms. The number of cyclic esters (lactones) is 1. The normalized spacial score (nSPS) is 18.3. The lowest BCUT2D eigenvalue weighted by molar-refractivity contribution is -0.119. The van der Waals surface area contributed by atoms with E-state index >= 15 is 0 Å². The maximum Gasteiger partial charge on any atom is 0.414 e. The maximum atomic E-state index is 14.4. The summed E-state index contributed by atoms with van der Waals surface area (Å²) in [6.45, 7) is 0.939. The molecule has 2 heterocycles. The van der Waals surface area contributed by atoms with Gasteiger partial charge in [0.25, 0.3) is 5.91 Å². The molecule has 2 saturated heterocycles. The molecule has 4 rings (SSSR count). The number of likely N-dealkylation sites (tertiary alicyclic amines) is 1. The van der Waals surface area contributed by atoms with Gasteiger partial charge in [0, 0.05) is 17.3 Å². The van der Waals surface area contributed by atoms with Gasteiger partial charge in [-0.1, -0.05) is 23.2 Å². The predicted molar refractivity (Wildman–Crippen MR) is 114 cm³/mol. The average Bonchev–Trinajstić information content (AvgIpc) is 3.40. The van der Waals surface area contributed by atoms with Gasteiger partial charge in [-0.2, -0.15) is 0 Å². The van der Waals surface area contributed by atoms with Gasteiger partial charge in [-0.3, -0.25) is 14.5 Å². The topological polar surface area (TPSA) is 79.0 Å². The molecule has 2 aliphatic rings. The standard InChI is InChI=1S/C21H18Cl2FN3O4/c22-12-3-5-15(23)14(10-12)20(29)27-7-1-2-18(27)19(28)25-17-11-13(4-6-16(17)24)26-8-9-31-21(26)30/h3-6,10-11,18H,1-2,7-9H2,(H,25,28). The van der Waals surface area contributed by atoms with E-state index in [2.05, 4.69) is 5.32 Å². The van der Waals surface area contributed by atoms with Crippen LogP contribution in [0.2, 0.25) is 10.0 Å². The predicted octanol–water partition coefficient (Wildman–Crippen LogP) is 4.33. The van der Waals surface area contributed by atoms with Crippen LogP contribution in [0.5, 0.6) is 0 Å². The molecule has 1 N–H and O–H groups in total. The van der Waals surface area contributed by atoms with E-state index in [1.807, 2.05) is 0 Å². The fourth-order valence-corrected chi connectivity index (χ4v) is 4.09. The van der Waals surface area contributed by atoms with E-state index in [1.54, 1.807) is 6.07 Å². The van der Waals surface area contributed by atoms with Crippen molar-refractivity contribution in [2.75, 3.05) is 29.9 Å². The highest BCUT2D eigenvalue weighted by molar-refractivity contribution is 6.35. The Morgan fingerprint density at radius 1 is 1.13 bits per heavy atom. The molecule has 0 aromatic heterocycles. The van der Waals surface area contributed by atoms with Gasteiger partial charge < -0.3 is 15.0 Å². The van der Waals surface area contributed by atoms with Crippen LogP contribution in [0, 0.1) is 5.82 Å². The molecular weight excluding hydrogens is 448 g/mol. The quantitative estimate of drug-likeness (QED) is 0.728. The number of nitrogens with zero attached hydrogens (tertiary/aromatic N) is 2. The van der Waals surface area contributed by atoms with Crippen molar-refractivity contribution in [1.29, 1.82) is 0 Å². The third-order valence-corrected chi connectivity index (χ3v) is 5.82. The molecule has 0 aliphatic carbocycles. The molecule has 0 saturated carbocycles. The number of nitrogens with one attached hydrogen (secondary N) is 1. The maximum absolute atomic E-state index is 14.4. The molecule has 2 aromatic rings. The molecule has 1 atom stereocenters. The number of hydrogen-bond acceptors (Lipinski definition) is 4. The average molecular weight is 466 g/mol. The Hall–Kier alpha value is -2.84. The molecule has 2 fully saturated rings. The summed E-state index contributed by atoms with van der Waals surface area (Å²) in [5.74, 6) is -1.60. The Kier molecular flexibility index (Phi) is 6.02. The summed E-state index contributed by atoms with van der Waals surface area (Å²) >= 11 is 12.1. The fraction of sp³-hybridized carbons (Fsp3) is 0.286. The zero-order chi connectivity index (χ0) is 22.1. The minimum Gasteiger partial charge on any atom is -0.447 e. The molecule has 0 bridgehead atoms. The minimum absolute atomic E-state index is 0.0812. The summed E-state index contributed by atoms with van der Waals surface area (Å²) < 4.78 is 19.3. The minimum atomic E-state index is -0.789. The number of ether oxygens (including phenoxy) is 1. The fourth-order valence-electron chi connectivity index (χ4n) is 3.72. The monoisotopic (exact) mass is 465 g/mol. The number of carbonyl (C=O) groups excluding carboxylic acids is 3. The Balaban J connectivity index is 1.53. The highest BCUT2D eigenvalue weighted by atomic mass is 35.5. The van der Waals surface area contributed by atoms with Gasteiger partial charge >= 0.3 is 6.09 Å². The highest BCUT2D eigenvalue weighted by Gasteiger charge is 2.36. The van der Waals surface area contributed by atoms with E-state index in [0.29, 0.717) is 36.6 Å². The third-order valence-electron chi connectivity index (χ3n) is 5.26. The molecule has 3 amide bonds. The summed E-state index contributed by atoms with van der Waals surface area (Å²) in [4.78, 5) is 40.4. The van der Waals surface area contributed by atoms with Crippen molar-refractivity contribution >= 4 is 52.5 Å². The van der Waals surface area contributed by atoms with Crippen LogP contribution < -0.4 is 10.2 Å². The first-order valence-corrected chi connectivity index (χ1v) is 10.4. The second kappa shape index (κ2) is 8.72. The first-order valence-electron chi connectivity index (χ1n) is 9.66. The van der Waals surface area contributed by atoms with Crippen LogP contribution in [0.1, 0.15) is 23.2 Å². The van der Waals surface area contributed by atoms with E-state index < -0.39 is 29.8 Å². The number of carbonyl (C=O) groups is 3. The van der Waals surface area contributed by atoms with Crippen LogP contribution in [-0.2, 0) is 9.53 Å². The third kappa shape index (κ3) is 4.31. The van der Waals surface area contributed by atoms with Gasteiger partial charge in [0.05, 0.1) is 22.8 Å². The lowest BCUT2D eigenvalue weighted by Gasteiger charge is -2.25. The molecule has 31 heavy (non-hydrogen) atoms. The summed E-state index contributed by atoms with van der Waals surface area (Å²) in [7, 11) is 0. The summed E-state index contributed by atoms with van der Waals surface area (Å²) in [6.07, 6.45) is 0.509. The lowest BCUT2D eigenvalue weighted by Crippen LogP contribution is -2.43. The SMILES string of the molecule is O=C(Nc1cc(N2CCOC2=O)ccc1F)C1CCCN1C(=O)c1cc(Cl)ccc1Cl. The van der Waals surface area contributed by atoms with Crippen molar-refractivity contribution in [2.45, 2.75) is 18.9 Å². The Labute approximate surface area is 187 Å². The summed E-state index contributed by atoms with van der Waals surface area (Å²) in [6, 6.07) is 7.73. The van der Waals surface area contributed by atoms with Crippen LogP contribution in [0.4, 0.5) is 20.6 Å². The zero-order valence-corrected chi connectivity index (χ0v) is 17.8. The van der Waals surface area contributed by atoms with Crippen LogP contribution in [-0.4, -0.2) is 48.5 Å². The molecule has 0 radical (unpaired) electrons. The van der Waals surface area contributed by atoms with E-state index in [9.17, 15) is 18.8 Å². The van der Waals surface area contributed by atoms with E-state index in [-0.39, 0.29) is 22.9 Å². The molecule has 1 unspecified atom stereocenters. The van der Waals surface area contributed by atoms with E-state index in [0.717, 1.165) is 0 Å². The molecule has 2 aromatic carbocycles. The van der Waals surface area contributed by atoms with E-state index in [4.69, 9.17) is 27.9 Å². The zero-order valence-electron chi connectivity index (χ0n) is 16.2. The second-order valence-corrected chi connectivity index (χ2v) is 8.04. The van der Waals surface area contributed by atoms with Crippen molar-refractivity contribution in [1.82, 2.24) is 4.90 Å². The van der Waals surface area contributed by atoms with Crippen molar-refractivity contribution in [3.05, 3.63) is 57.8 Å². The summed E-state index contributed by atoms with van der Waals surface area (Å²) in [5.41, 5.74) is 0.529. The van der Waals surface area contributed by atoms with Crippen LogP contribution in [0.3, 0.4) is 0 Å². The van der Waals surface area contributed by atoms with Gasteiger partial charge in [-0.15, -0.1) is 0 Å². The second-order valence-electron chi connectivity index (χ2n) is 7.20. The number of amides is 3. The molecular formula is C21H18Cl2FN3O4. The molecule has 2 aliphatic heterocycles. The first kappa shape index (κ1) is 21.4. The largest absolute Gasteiger partial charge is 0.447 e. The first-order chi connectivity index (χ1) is 14.8. The van der Waals surface area contributed by atoms with Crippen molar-refractivity contribution < 1.29 is 23.5 Å². The number of anilines is 2. The number of halogens is 3. The number of rotatable bonds is 4. The van der Waals surface area contributed by atoms with Crippen molar-refractivity contribution in [2.24, 2.45) is 0 Å². The molecule has 7 nitrogen and oxygen atoms in total. The van der Waals surface area contributed by atoms with Crippen molar-refractivity contribution in [3.8, 4) is 0 Å². The highest BCUT2D eigenvalue weighted by Crippen LogP contribution is 2.29. The lowest BCUT2D eigenvalue weighted by atomic mass is 10.1. The van der Waals surface area contributed by atoms with Crippen LogP contribution >= 0.6 is 23.2 Å². The number of hydrogen-bond donors (Lipinski definition) is 1. The smallest absolute Gasteiger partial charge is 0.414 e. The molecule has 0 spiro atoms. The van der Waals surface area contributed by atoms with Gasteiger partial charge in [-0.25, -0.2) is 9.18 Å². The van der Waals surface area contributed by atoms with Crippen LogP contribution in [0.15, 0.2) is 36.4 Å². The van der Waals surface area contributed by atoms with Crippen molar-refractivity contribution in [3.63, 3.8) is 0 Å². The Morgan fingerprint density at radius 3 is 2.68 bits per heavy atom. The molecule has 162 valence electrons. The van der Waals surface area contributed by atoms with Gasteiger partial charge in [-0.05, 0) is 49.2 Å². The Bertz CT molecular complexity index is 1060. The Morgan fingerprint density at radius 2 is 1.94 bits per heavy atom. The number of benzene rings is 2. The summed E-state index contributed by atoms with van der Waals surface area (Å²) in [5, 5.41) is 3.13. The van der Waals surface area contributed by atoms with Gasteiger partial charge in [0.15, 0.2) is 0 Å². The van der Waals surface area contributed by atoms with Gasteiger partial charge in [0.1, 0.15) is 18.5 Å². The van der Waals surface area contributed by atoms with Crippen LogP contribution in [0.25, 0.3) is 0 Å². The van der Waals surface area contributed by atoms with Gasteiger partial charge in [0.2, 0.25) is 5.91 Å². The van der Waals surface area contributed by atoms with E-state index in [1.165, 1.54) is 40.1 Å².